The maximum atomic E-state index is 13.4. The number of hydrogen-bond acceptors (Lipinski definition) is 5. The Balaban J connectivity index is 1.75. The first-order valence-corrected chi connectivity index (χ1v) is 13.9. The van der Waals surface area contributed by atoms with Crippen LogP contribution < -0.4 is 5.32 Å². The number of hydrogen-bond donors (Lipinski definition) is 1. The molecule has 0 fully saturated rings. The van der Waals surface area contributed by atoms with E-state index in [-0.39, 0.29) is 54.1 Å². The van der Waals surface area contributed by atoms with Crippen LogP contribution in [0.1, 0.15) is 56.0 Å². The van der Waals surface area contributed by atoms with E-state index in [4.69, 9.17) is 11.6 Å². The van der Waals surface area contributed by atoms with Crippen LogP contribution in [0.5, 0.6) is 0 Å². The van der Waals surface area contributed by atoms with Crippen LogP contribution in [0.15, 0.2) is 53.4 Å². The summed E-state index contributed by atoms with van der Waals surface area (Å²) in [6.07, 6.45) is 0.489. The van der Waals surface area contributed by atoms with E-state index in [2.05, 4.69) is 5.32 Å². The average molecular weight is 534 g/mol. The van der Waals surface area contributed by atoms with Gasteiger partial charge in [0.25, 0.3) is 15.9 Å². The third kappa shape index (κ3) is 6.07. The normalized spacial score (nSPS) is 15.0. The van der Waals surface area contributed by atoms with Crippen molar-refractivity contribution < 1.29 is 22.8 Å². The van der Waals surface area contributed by atoms with Crippen LogP contribution in [0.4, 0.5) is 0 Å². The van der Waals surface area contributed by atoms with Gasteiger partial charge in [0.15, 0.2) is 0 Å². The van der Waals surface area contributed by atoms with E-state index in [0.717, 1.165) is 4.31 Å². The number of fused-ring (bicyclic) bond motifs is 1. The summed E-state index contributed by atoms with van der Waals surface area (Å²) in [4.78, 5) is 40.5. The van der Waals surface area contributed by atoms with Crippen LogP contribution in [0.25, 0.3) is 0 Å². The molecule has 0 spiro atoms. The number of amides is 3. The molecule has 2 aromatic rings. The zero-order chi connectivity index (χ0) is 26.5. The molecule has 1 N–H and O–H groups in total. The van der Waals surface area contributed by atoms with Crippen molar-refractivity contribution in [2.24, 2.45) is 5.92 Å². The second-order valence-corrected chi connectivity index (χ2v) is 11.4. The van der Waals surface area contributed by atoms with Gasteiger partial charge < -0.3 is 10.2 Å². The lowest BCUT2D eigenvalue weighted by Gasteiger charge is -2.31. The Hall–Kier alpha value is -2.91. The van der Waals surface area contributed by atoms with E-state index < -0.39 is 22.0 Å². The van der Waals surface area contributed by atoms with E-state index in [9.17, 15) is 22.8 Å². The largest absolute Gasteiger partial charge is 0.354 e. The summed E-state index contributed by atoms with van der Waals surface area (Å²) in [5.41, 5.74) is 0.840. The first kappa shape index (κ1) is 27.7. The Morgan fingerprint density at radius 1 is 1.08 bits per heavy atom. The van der Waals surface area contributed by atoms with Crippen LogP contribution in [0, 0.1) is 5.92 Å². The Morgan fingerprint density at radius 2 is 1.75 bits per heavy atom. The average Bonchev–Trinajstić information content (AvgIpc) is 3.04. The minimum absolute atomic E-state index is 0.0189. The minimum Gasteiger partial charge on any atom is -0.354 e. The van der Waals surface area contributed by atoms with Gasteiger partial charge in [0.1, 0.15) is 10.9 Å². The van der Waals surface area contributed by atoms with Crippen molar-refractivity contribution in [3.63, 3.8) is 0 Å². The molecular formula is C26H32ClN3O5S. The SMILES string of the molecule is CC[C@H](C(=O)NCC(C)C)N(Cc1ccccc1Cl)C(=O)CCCN1C(=O)c2ccccc2S1(=O)=O. The summed E-state index contributed by atoms with van der Waals surface area (Å²) in [6.45, 7) is 6.30. The highest BCUT2D eigenvalue weighted by atomic mass is 35.5. The number of carbonyl (C=O) groups excluding carboxylic acids is 3. The van der Waals surface area contributed by atoms with Crippen LogP contribution in [0.2, 0.25) is 5.02 Å². The Morgan fingerprint density at radius 3 is 2.39 bits per heavy atom. The van der Waals surface area contributed by atoms with Crippen molar-refractivity contribution in [1.29, 1.82) is 0 Å². The van der Waals surface area contributed by atoms with Gasteiger partial charge in [-0.3, -0.25) is 14.4 Å². The molecule has 194 valence electrons. The maximum Gasteiger partial charge on any atom is 0.269 e. The van der Waals surface area contributed by atoms with Crippen LogP contribution in [-0.2, 0) is 26.2 Å². The van der Waals surface area contributed by atoms with Gasteiger partial charge in [0.2, 0.25) is 11.8 Å². The molecule has 0 bridgehead atoms. The lowest BCUT2D eigenvalue weighted by Crippen LogP contribution is -2.49. The molecule has 0 unspecified atom stereocenters. The second kappa shape index (κ2) is 11.9. The first-order valence-electron chi connectivity index (χ1n) is 12.0. The van der Waals surface area contributed by atoms with Gasteiger partial charge >= 0.3 is 0 Å². The highest BCUT2D eigenvalue weighted by molar-refractivity contribution is 7.90. The van der Waals surface area contributed by atoms with Crippen molar-refractivity contribution >= 4 is 39.3 Å². The molecule has 0 saturated heterocycles. The molecule has 0 aromatic heterocycles. The van der Waals surface area contributed by atoms with E-state index in [0.29, 0.717) is 23.6 Å². The summed E-state index contributed by atoms with van der Waals surface area (Å²) in [7, 11) is -3.94. The lowest BCUT2D eigenvalue weighted by molar-refractivity contribution is -0.141. The number of rotatable bonds is 11. The molecule has 2 aromatic carbocycles. The molecule has 10 heteroatoms. The first-order chi connectivity index (χ1) is 17.1. The van der Waals surface area contributed by atoms with Gasteiger partial charge in [0, 0.05) is 31.1 Å². The van der Waals surface area contributed by atoms with Gasteiger partial charge in [-0.25, -0.2) is 12.7 Å². The van der Waals surface area contributed by atoms with Gasteiger partial charge in [-0.2, -0.15) is 0 Å². The van der Waals surface area contributed by atoms with Crippen LogP contribution in [0.3, 0.4) is 0 Å². The molecule has 1 aliphatic heterocycles. The van der Waals surface area contributed by atoms with Gasteiger partial charge in [-0.1, -0.05) is 62.7 Å². The molecule has 0 saturated carbocycles. The molecule has 1 atom stereocenters. The summed E-state index contributed by atoms with van der Waals surface area (Å²) in [5, 5.41) is 3.38. The fourth-order valence-electron chi connectivity index (χ4n) is 4.12. The number of carbonyl (C=O) groups is 3. The van der Waals surface area contributed by atoms with E-state index >= 15 is 0 Å². The third-order valence-electron chi connectivity index (χ3n) is 6.03. The topological polar surface area (TPSA) is 104 Å². The van der Waals surface area contributed by atoms with E-state index in [1.54, 1.807) is 30.3 Å². The number of halogens is 1. The maximum absolute atomic E-state index is 13.4. The highest BCUT2D eigenvalue weighted by Gasteiger charge is 2.40. The van der Waals surface area contributed by atoms with E-state index in [1.807, 2.05) is 26.8 Å². The quantitative estimate of drug-likeness (QED) is 0.472. The highest BCUT2D eigenvalue weighted by Crippen LogP contribution is 2.30. The summed E-state index contributed by atoms with van der Waals surface area (Å²) >= 11 is 6.34. The van der Waals surface area contributed by atoms with Crippen molar-refractivity contribution in [3.05, 3.63) is 64.7 Å². The Kier molecular flexibility index (Phi) is 9.13. The molecule has 0 aliphatic carbocycles. The van der Waals surface area contributed by atoms with Gasteiger partial charge in [-0.15, -0.1) is 0 Å². The number of nitrogens with one attached hydrogen (secondary N) is 1. The number of nitrogens with zero attached hydrogens (tertiary/aromatic N) is 2. The molecule has 1 heterocycles. The van der Waals surface area contributed by atoms with Crippen molar-refractivity contribution in [3.8, 4) is 0 Å². The van der Waals surface area contributed by atoms with Crippen molar-refractivity contribution in [2.75, 3.05) is 13.1 Å². The summed E-state index contributed by atoms with van der Waals surface area (Å²) in [5.74, 6) is -0.906. The second-order valence-electron chi connectivity index (χ2n) is 9.16. The fourth-order valence-corrected chi connectivity index (χ4v) is 5.92. The minimum atomic E-state index is -3.94. The number of sulfonamides is 1. The molecule has 3 amide bonds. The molecule has 0 radical (unpaired) electrons. The third-order valence-corrected chi connectivity index (χ3v) is 8.24. The fraction of sp³-hybridized carbons (Fsp3) is 0.423. The zero-order valence-corrected chi connectivity index (χ0v) is 22.3. The molecule has 1 aliphatic rings. The summed E-state index contributed by atoms with van der Waals surface area (Å²) in [6, 6.07) is 12.5. The standard InChI is InChI=1S/C26H32ClN3O5S/c1-4-22(25(32)28-16-18(2)3)29(17-19-10-5-7-12-21(19)27)24(31)14-9-15-30-26(33)20-11-6-8-13-23(20)36(30,34)35/h5-8,10-13,18,22H,4,9,14-17H2,1-3H3,(H,28,32)/t22-/m1/s1. The lowest BCUT2D eigenvalue weighted by atomic mass is 10.1. The molecule has 36 heavy (non-hydrogen) atoms. The zero-order valence-electron chi connectivity index (χ0n) is 20.7. The smallest absolute Gasteiger partial charge is 0.269 e. The predicted octanol–water partition coefficient (Wildman–Crippen LogP) is 3.84. The van der Waals surface area contributed by atoms with Crippen molar-refractivity contribution in [1.82, 2.24) is 14.5 Å². The molecule has 8 nitrogen and oxygen atoms in total. The van der Waals surface area contributed by atoms with Gasteiger partial charge in [0.05, 0.1) is 5.56 Å². The monoisotopic (exact) mass is 533 g/mol. The van der Waals surface area contributed by atoms with Gasteiger partial charge in [-0.05, 0) is 42.5 Å². The van der Waals surface area contributed by atoms with Crippen LogP contribution >= 0.6 is 11.6 Å². The molecule has 3 rings (SSSR count). The van der Waals surface area contributed by atoms with E-state index in [1.165, 1.54) is 17.0 Å². The Labute approximate surface area is 217 Å². The van der Waals surface area contributed by atoms with Crippen molar-refractivity contribution in [2.45, 2.75) is 57.5 Å². The Bertz CT molecular complexity index is 1230. The summed E-state index contributed by atoms with van der Waals surface area (Å²) < 4.78 is 26.4. The van der Waals surface area contributed by atoms with Crippen LogP contribution in [-0.4, -0.2) is 54.5 Å². The molecular weight excluding hydrogens is 502 g/mol. The predicted molar refractivity (Wildman–Crippen MR) is 138 cm³/mol. The number of benzene rings is 2.